The second kappa shape index (κ2) is 12.7. The molecular weight excluding hydrogens is 578 g/mol. The van der Waals surface area contributed by atoms with Crippen LogP contribution in [0.4, 0.5) is 43.8 Å². The van der Waals surface area contributed by atoms with Crippen molar-refractivity contribution in [2.24, 2.45) is 5.92 Å². The summed E-state index contributed by atoms with van der Waals surface area (Å²) in [4.78, 5) is 23.6. The Morgan fingerprint density at radius 1 is 1.00 bits per heavy atom. The fourth-order valence-electron chi connectivity index (χ4n) is 5.11. The minimum absolute atomic E-state index is 0.00122. The number of aliphatic carboxylic acids is 1. The highest BCUT2D eigenvalue weighted by Crippen LogP contribution is 2.46. The number of carbonyl (C=O) groups is 1. The highest BCUT2D eigenvalue weighted by atomic mass is 19.4. The molecule has 4 N–H and O–H groups in total. The van der Waals surface area contributed by atoms with Crippen LogP contribution in [-0.2, 0) is 17.4 Å². The maximum absolute atomic E-state index is 14.3. The van der Waals surface area contributed by atoms with E-state index in [1.54, 1.807) is 19.2 Å². The number of rotatable bonds is 5. The van der Waals surface area contributed by atoms with Crippen LogP contribution in [0.15, 0.2) is 60.8 Å². The Morgan fingerprint density at radius 2 is 1.65 bits per heavy atom. The Balaban J connectivity index is 0.000000541. The molecule has 14 heteroatoms. The first-order chi connectivity index (χ1) is 20.3. The van der Waals surface area contributed by atoms with Crippen LogP contribution in [0.2, 0.25) is 0 Å². The number of fused-ring (bicyclic) bond motifs is 1. The number of alkyl halides is 6. The summed E-state index contributed by atoms with van der Waals surface area (Å²) in [5.41, 5.74) is 7.69. The number of hydrogen-bond donors (Lipinski definition) is 3. The number of nitrogen functional groups attached to an aromatic ring is 1. The lowest BCUT2D eigenvalue weighted by molar-refractivity contribution is -0.192. The normalized spacial score (nSPS) is 14.3. The minimum atomic E-state index is -5.08. The van der Waals surface area contributed by atoms with E-state index in [2.05, 4.69) is 37.3 Å². The first kappa shape index (κ1) is 31.3. The number of halogens is 6. The van der Waals surface area contributed by atoms with E-state index < -0.39 is 23.9 Å². The van der Waals surface area contributed by atoms with Gasteiger partial charge in [0.1, 0.15) is 5.82 Å². The van der Waals surface area contributed by atoms with Gasteiger partial charge in [-0.1, -0.05) is 36.4 Å². The van der Waals surface area contributed by atoms with Crippen molar-refractivity contribution >= 4 is 34.5 Å². The molecule has 4 aromatic rings. The maximum atomic E-state index is 14.3. The molecule has 0 radical (unpaired) electrons. The molecule has 2 aromatic carbocycles. The highest BCUT2D eigenvalue weighted by molar-refractivity contribution is 6.03. The number of benzene rings is 2. The van der Waals surface area contributed by atoms with Crippen LogP contribution in [0.25, 0.3) is 22.2 Å². The average molecular weight is 607 g/mol. The van der Waals surface area contributed by atoms with E-state index in [0.29, 0.717) is 41.5 Å². The fraction of sp³-hybridized carbons (Fsp3) is 0.310. The van der Waals surface area contributed by atoms with Crippen molar-refractivity contribution in [3.8, 4) is 11.1 Å². The van der Waals surface area contributed by atoms with E-state index in [-0.39, 0.29) is 17.2 Å². The second-order valence-electron chi connectivity index (χ2n) is 9.86. The van der Waals surface area contributed by atoms with E-state index >= 15 is 0 Å². The number of piperidine rings is 1. The molecule has 0 spiro atoms. The Bertz CT molecular complexity index is 1570. The van der Waals surface area contributed by atoms with Crippen LogP contribution in [0.3, 0.4) is 0 Å². The molecule has 0 saturated carbocycles. The molecule has 8 nitrogen and oxygen atoms in total. The van der Waals surface area contributed by atoms with Gasteiger partial charge in [-0.3, -0.25) is 0 Å². The molecule has 1 aliphatic rings. The maximum Gasteiger partial charge on any atom is 0.490 e. The fourth-order valence-corrected chi connectivity index (χ4v) is 5.11. The van der Waals surface area contributed by atoms with Gasteiger partial charge in [-0.15, -0.1) is 0 Å². The van der Waals surface area contributed by atoms with Gasteiger partial charge < -0.3 is 21.1 Å². The quantitative estimate of drug-likeness (QED) is 0.223. The number of carboxylic acid groups (broad SMARTS) is 1. The first-order valence-corrected chi connectivity index (χ1v) is 13.2. The predicted molar refractivity (Wildman–Crippen MR) is 151 cm³/mol. The third-order valence-corrected chi connectivity index (χ3v) is 7.03. The molecular formula is C29H28F6N6O2. The van der Waals surface area contributed by atoms with Gasteiger partial charge in [-0.2, -0.15) is 36.3 Å². The Kier molecular flexibility index (Phi) is 9.26. The Hall–Kier alpha value is -4.62. The van der Waals surface area contributed by atoms with Gasteiger partial charge in [-0.25, -0.2) is 9.78 Å². The molecule has 5 rings (SSSR count). The summed E-state index contributed by atoms with van der Waals surface area (Å²) in [7, 11) is 1.64. The lowest BCUT2D eigenvalue weighted by atomic mass is 9.88. The summed E-state index contributed by atoms with van der Waals surface area (Å²) in [6, 6.07) is 16.3. The molecule has 0 atom stereocenters. The minimum Gasteiger partial charge on any atom is -0.475 e. The number of carboxylic acids is 1. The summed E-state index contributed by atoms with van der Waals surface area (Å²) in [5, 5.41) is 10.5. The lowest BCUT2D eigenvalue weighted by Crippen LogP contribution is -2.35. The van der Waals surface area contributed by atoms with Crippen molar-refractivity contribution in [1.82, 2.24) is 15.0 Å². The zero-order chi connectivity index (χ0) is 31.4. The van der Waals surface area contributed by atoms with Gasteiger partial charge in [-0.05, 0) is 48.9 Å². The van der Waals surface area contributed by atoms with Gasteiger partial charge in [0.15, 0.2) is 5.65 Å². The number of nitrogens with two attached hydrogens (primary N) is 1. The Morgan fingerprint density at radius 3 is 2.23 bits per heavy atom. The third-order valence-electron chi connectivity index (χ3n) is 7.03. The van der Waals surface area contributed by atoms with E-state index in [1.165, 1.54) is 17.8 Å². The highest BCUT2D eigenvalue weighted by Gasteiger charge is 2.38. The summed E-state index contributed by atoms with van der Waals surface area (Å²) < 4.78 is 74.7. The van der Waals surface area contributed by atoms with Crippen LogP contribution < -0.4 is 16.0 Å². The number of pyridine rings is 1. The summed E-state index contributed by atoms with van der Waals surface area (Å²) in [6.07, 6.45) is -5.37. The zero-order valence-corrected chi connectivity index (χ0v) is 22.9. The summed E-state index contributed by atoms with van der Waals surface area (Å²) in [6.45, 7) is 1.36. The van der Waals surface area contributed by atoms with Crippen LogP contribution in [-0.4, -0.2) is 52.3 Å². The van der Waals surface area contributed by atoms with Crippen LogP contribution in [0.1, 0.15) is 24.0 Å². The van der Waals surface area contributed by atoms with Gasteiger partial charge in [0, 0.05) is 43.1 Å². The van der Waals surface area contributed by atoms with E-state index in [0.717, 1.165) is 25.3 Å². The molecule has 43 heavy (non-hydrogen) atoms. The molecule has 0 aliphatic carbocycles. The van der Waals surface area contributed by atoms with Crippen molar-refractivity contribution in [2.75, 3.05) is 36.1 Å². The van der Waals surface area contributed by atoms with E-state index in [9.17, 15) is 26.3 Å². The SMILES string of the molecule is CNc1nc(N)nc2nccc(-c3c(N4CCC(Cc5ccccc5)CC4)cccc3C(F)(F)F)c12.O=C(O)C(F)(F)F. The molecule has 3 heterocycles. The molecule has 1 fully saturated rings. The second-order valence-corrected chi connectivity index (χ2v) is 9.86. The van der Waals surface area contributed by atoms with Crippen molar-refractivity contribution < 1.29 is 36.2 Å². The molecule has 0 bridgehead atoms. The molecule has 1 aliphatic heterocycles. The zero-order valence-electron chi connectivity index (χ0n) is 22.9. The predicted octanol–water partition coefficient (Wildman–Crippen LogP) is 6.43. The average Bonchev–Trinajstić information content (AvgIpc) is 2.96. The largest absolute Gasteiger partial charge is 0.490 e. The molecule has 2 aromatic heterocycles. The van der Waals surface area contributed by atoms with Crippen LogP contribution >= 0.6 is 0 Å². The van der Waals surface area contributed by atoms with E-state index in [1.807, 2.05) is 18.2 Å². The van der Waals surface area contributed by atoms with Gasteiger partial charge >= 0.3 is 18.3 Å². The third kappa shape index (κ3) is 7.43. The van der Waals surface area contributed by atoms with Gasteiger partial charge in [0.25, 0.3) is 0 Å². The topological polar surface area (TPSA) is 117 Å². The smallest absolute Gasteiger partial charge is 0.475 e. The number of nitrogens with one attached hydrogen (secondary N) is 1. The van der Waals surface area contributed by atoms with Gasteiger partial charge in [0.05, 0.1) is 10.9 Å². The monoisotopic (exact) mass is 606 g/mol. The van der Waals surface area contributed by atoms with Crippen LogP contribution in [0.5, 0.6) is 0 Å². The van der Waals surface area contributed by atoms with Crippen molar-refractivity contribution in [3.05, 3.63) is 71.9 Å². The van der Waals surface area contributed by atoms with Crippen molar-refractivity contribution in [2.45, 2.75) is 31.6 Å². The van der Waals surface area contributed by atoms with E-state index in [4.69, 9.17) is 15.6 Å². The number of aromatic nitrogens is 3. The summed E-state index contributed by atoms with van der Waals surface area (Å²) in [5.74, 6) is -1.93. The van der Waals surface area contributed by atoms with Crippen molar-refractivity contribution in [3.63, 3.8) is 0 Å². The van der Waals surface area contributed by atoms with Crippen LogP contribution in [0, 0.1) is 5.92 Å². The molecule has 0 unspecified atom stereocenters. The Labute approximate surface area is 242 Å². The van der Waals surface area contributed by atoms with Gasteiger partial charge in [0.2, 0.25) is 5.95 Å². The number of nitrogens with zero attached hydrogens (tertiary/aromatic N) is 4. The standard InChI is InChI=1S/C27H27F3N6.C2HF3O2/c1-32-24-23-19(10-13-33-25(23)35-26(31)34-24)22-20(27(28,29)30)8-5-9-21(22)36-14-11-18(12-15-36)16-17-6-3-2-4-7-17;3-2(4,5)1(6)7/h2-10,13,18H,11-12,14-16H2,1H3,(H3,31,32,33,34,35);(H,6,7). The molecule has 1 saturated heterocycles. The number of hydrogen-bond acceptors (Lipinski definition) is 7. The summed E-state index contributed by atoms with van der Waals surface area (Å²) >= 11 is 0. The van der Waals surface area contributed by atoms with Crippen molar-refractivity contribution in [1.29, 1.82) is 0 Å². The first-order valence-electron chi connectivity index (χ1n) is 13.2. The lowest BCUT2D eigenvalue weighted by Gasteiger charge is -2.35. The molecule has 228 valence electrons. The number of anilines is 3. The molecule has 0 amide bonds.